The Morgan fingerprint density at radius 3 is 2.56 bits per heavy atom. The number of rotatable bonds is 17. The lowest BCUT2D eigenvalue weighted by Gasteiger charge is -2.59. The number of ether oxygens (including phenoxy) is 4. The highest BCUT2D eigenvalue weighted by Gasteiger charge is 2.65. The van der Waals surface area contributed by atoms with E-state index in [2.05, 4.69) is 24.0 Å². The molecule has 1 saturated heterocycles. The highest BCUT2D eigenvalue weighted by Crippen LogP contribution is 2.62. The van der Waals surface area contributed by atoms with Crippen molar-refractivity contribution in [3.63, 3.8) is 0 Å². The molecule has 6 rings (SSSR count). The average molecular weight is 785 g/mol. The molecule has 2 amide bonds. The van der Waals surface area contributed by atoms with E-state index in [-0.39, 0.29) is 49.9 Å². The lowest BCUT2D eigenvalue weighted by atomic mass is 9.55. The second-order valence-electron chi connectivity index (χ2n) is 15.2. The molecule has 306 valence electrons. The third-order valence-electron chi connectivity index (χ3n) is 11.6. The van der Waals surface area contributed by atoms with Gasteiger partial charge in [-0.05, 0) is 105 Å². The highest BCUT2D eigenvalue weighted by atomic mass is 16.8. The predicted octanol–water partition coefficient (Wildman–Crippen LogP) is 6.60. The molecule has 2 fully saturated rings. The molecule has 2 aliphatic carbocycles. The van der Waals surface area contributed by atoms with E-state index in [0.717, 1.165) is 49.7 Å². The Morgan fingerprint density at radius 1 is 1.11 bits per heavy atom. The number of hydrogen-bond donors (Lipinski definition) is 3. The van der Waals surface area contributed by atoms with E-state index in [1.54, 1.807) is 54.4 Å². The number of aliphatic hydroxyl groups is 2. The fourth-order valence-electron chi connectivity index (χ4n) is 9.03. The van der Waals surface area contributed by atoms with Gasteiger partial charge < -0.3 is 44.2 Å². The van der Waals surface area contributed by atoms with Crippen LogP contribution in [0, 0.1) is 29.1 Å². The van der Waals surface area contributed by atoms with E-state index in [4.69, 9.17) is 28.9 Å². The van der Waals surface area contributed by atoms with Gasteiger partial charge in [-0.1, -0.05) is 30.1 Å². The van der Waals surface area contributed by atoms with Gasteiger partial charge in [0.2, 0.25) is 12.1 Å². The summed E-state index contributed by atoms with van der Waals surface area (Å²) in [5.74, 6) is -1.60. The number of carbonyl (C=O) groups excluding carboxylic acids is 2. The van der Waals surface area contributed by atoms with Gasteiger partial charge in [0.05, 0.1) is 36.5 Å². The van der Waals surface area contributed by atoms with Gasteiger partial charge in [0, 0.05) is 56.7 Å². The lowest BCUT2D eigenvalue weighted by molar-refractivity contribution is -0.252. The molecular weight excluding hydrogens is 729 g/mol. The van der Waals surface area contributed by atoms with E-state index >= 15 is 0 Å². The van der Waals surface area contributed by atoms with Gasteiger partial charge in [-0.25, -0.2) is 4.79 Å². The second kappa shape index (κ2) is 19.6. The summed E-state index contributed by atoms with van der Waals surface area (Å²) in [6.07, 6.45) is 10.1. The number of fused-ring (bicyclic) bond motifs is 2. The third-order valence-corrected chi connectivity index (χ3v) is 11.6. The minimum atomic E-state index is -1.44. The Hall–Kier alpha value is -4.74. The van der Waals surface area contributed by atoms with Gasteiger partial charge in [0.1, 0.15) is 17.5 Å². The maximum absolute atomic E-state index is 14.5. The molecule has 57 heavy (non-hydrogen) atoms. The molecule has 4 aliphatic rings. The molecule has 1 saturated carbocycles. The molecule has 7 atom stereocenters. The molecule has 1 unspecified atom stereocenters. The van der Waals surface area contributed by atoms with E-state index in [0.29, 0.717) is 60.8 Å². The molecule has 3 N–H and O–H groups in total. The summed E-state index contributed by atoms with van der Waals surface area (Å²) in [6.45, 7) is 7.06. The van der Waals surface area contributed by atoms with Gasteiger partial charge in [-0.15, -0.1) is 6.58 Å². The van der Waals surface area contributed by atoms with Crippen LogP contribution >= 0.6 is 0 Å². The van der Waals surface area contributed by atoms with Crippen LogP contribution in [0.15, 0.2) is 71.9 Å². The maximum Gasteiger partial charge on any atom is 0.412 e. The largest absolute Gasteiger partial charge is 0.459 e. The van der Waals surface area contributed by atoms with Gasteiger partial charge in [0.15, 0.2) is 0 Å². The Morgan fingerprint density at radius 2 is 1.88 bits per heavy atom. The lowest BCUT2D eigenvalue weighted by Crippen LogP contribution is -2.69. The van der Waals surface area contributed by atoms with Crippen molar-refractivity contribution in [3.05, 3.63) is 83.5 Å². The van der Waals surface area contributed by atoms with Gasteiger partial charge in [0.25, 0.3) is 5.91 Å². The zero-order valence-electron chi connectivity index (χ0n) is 33.1. The number of nitrogens with zero attached hydrogens (tertiary/aromatic N) is 3. The van der Waals surface area contributed by atoms with Crippen molar-refractivity contribution in [3.8, 4) is 17.6 Å². The number of nitrogens with one attached hydrogen (secondary N) is 1. The summed E-state index contributed by atoms with van der Waals surface area (Å²) in [5, 5.41) is 36.7. The van der Waals surface area contributed by atoms with E-state index in [1.807, 2.05) is 13.0 Å². The van der Waals surface area contributed by atoms with Gasteiger partial charge in [-0.3, -0.25) is 4.79 Å². The molecule has 0 aromatic heterocycles. The molecule has 2 aromatic rings. The summed E-state index contributed by atoms with van der Waals surface area (Å²) >= 11 is 0. The molecule has 13 heteroatoms. The topological polar surface area (TPSA) is 172 Å². The number of unbranched alkanes of at least 4 members (excludes halogenated alkanes) is 2. The van der Waals surface area contributed by atoms with Crippen LogP contribution in [0.2, 0.25) is 0 Å². The average Bonchev–Trinajstić information content (AvgIpc) is 3.23. The Balaban J connectivity index is 1.56. The minimum absolute atomic E-state index is 0.000183. The number of benzene rings is 2. The van der Waals surface area contributed by atoms with Crippen LogP contribution in [0.1, 0.15) is 98.5 Å². The molecule has 0 radical (unpaired) electrons. The van der Waals surface area contributed by atoms with Crippen LogP contribution in [0.3, 0.4) is 0 Å². The predicted molar refractivity (Wildman–Crippen MR) is 213 cm³/mol. The molecule has 13 nitrogen and oxygen atoms in total. The van der Waals surface area contributed by atoms with Crippen LogP contribution in [-0.4, -0.2) is 91.0 Å². The molecule has 2 heterocycles. The van der Waals surface area contributed by atoms with Gasteiger partial charge >= 0.3 is 6.09 Å². The third kappa shape index (κ3) is 9.20. The van der Waals surface area contributed by atoms with Crippen molar-refractivity contribution in [2.45, 2.75) is 95.2 Å². The minimum Gasteiger partial charge on any atom is -0.459 e. The number of amides is 2. The zero-order chi connectivity index (χ0) is 40.4. The molecule has 2 aromatic carbocycles. The number of oxime groups is 1. The normalized spacial score (nSPS) is 26.8. The first-order valence-corrected chi connectivity index (χ1v) is 20.4. The number of carbonyl (C=O) groups is 2. The van der Waals surface area contributed by atoms with E-state index < -0.39 is 30.1 Å². The van der Waals surface area contributed by atoms with Crippen molar-refractivity contribution >= 4 is 17.7 Å². The van der Waals surface area contributed by atoms with Crippen molar-refractivity contribution in [1.82, 2.24) is 10.2 Å². The number of allylic oxidation sites excluding steroid dienone is 1. The smallest absolute Gasteiger partial charge is 0.412 e. The highest BCUT2D eigenvalue weighted by molar-refractivity contribution is 6.03. The van der Waals surface area contributed by atoms with Crippen LogP contribution in [-0.2, 0) is 14.3 Å². The molecular formula is C44H56N4O9. The van der Waals surface area contributed by atoms with Gasteiger partial charge in [-0.2, -0.15) is 5.26 Å². The first-order chi connectivity index (χ1) is 27.8. The van der Waals surface area contributed by atoms with Crippen molar-refractivity contribution in [2.24, 2.45) is 22.9 Å². The Labute approximate surface area is 335 Å². The number of likely N-dealkylation sites (N-methyl/N-ethyl adjacent to an activating group) is 1. The van der Waals surface area contributed by atoms with Crippen LogP contribution in [0.5, 0.6) is 11.5 Å². The molecule has 0 spiro atoms. The Bertz CT molecular complexity index is 1820. The van der Waals surface area contributed by atoms with Crippen LogP contribution in [0.4, 0.5) is 4.79 Å². The standard InChI is InChI=1S/C44H56N4O9/c1-4-23-54-44-38(48(3)42(51)30-17-15-29(28-45)16-18-30)27-36(47-57-39-14-8-11-24-53-39)34-25-31(12-6-9-21-49)33(13-7-10-22-50)40(41(34)44)35-26-32(19-20-37(35)56-44)55-43(52)46-5-2/h4,15-20,25-26,31,33,38-41,49-50H,1,5-14,21-24,27H2,2-3H3,(H,46,52)/t31-,33+,38-,39?,40+,41+,44+/m0/s1. The second-order valence-corrected chi connectivity index (χ2v) is 15.2. The summed E-state index contributed by atoms with van der Waals surface area (Å²) in [4.78, 5) is 35.0. The molecule has 0 bridgehead atoms. The SMILES string of the molecule is C=CCO[C@@]12Oc3ccc(OC(=O)NCC)cc3[C@H]3[C@H](CCCCO)[C@@H](CCCCO)C=C(C(=NOC4CCCCO4)C[C@@H]1N(C)C(=O)c1ccc(C#N)cc1)[C@H]32. The number of nitriles is 1. The monoisotopic (exact) mass is 784 g/mol. The summed E-state index contributed by atoms with van der Waals surface area (Å²) in [6, 6.07) is 13.3. The fraction of sp³-hybridized carbons (Fsp3) is 0.545. The number of aliphatic hydroxyl groups excluding tert-OH is 2. The van der Waals surface area contributed by atoms with E-state index in [1.165, 1.54) is 0 Å². The van der Waals surface area contributed by atoms with Crippen molar-refractivity contribution < 1.29 is 43.6 Å². The molecule has 2 aliphatic heterocycles. The summed E-state index contributed by atoms with van der Waals surface area (Å²) < 4.78 is 25.8. The maximum atomic E-state index is 14.5. The first-order valence-electron chi connectivity index (χ1n) is 20.4. The summed E-state index contributed by atoms with van der Waals surface area (Å²) in [7, 11) is 1.73. The Kier molecular flexibility index (Phi) is 14.4. The van der Waals surface area contributed by atoms with Crippen molar-refractivity contribution in [2.75, 3.05) is 40.0 Å². The van der Waals surface area contributed by atoms with Crippen molar-refractivity contribution in [1.29, 1.82) is 5.26 Å². The quantitative estimate of drug-likeness (QED) is 0.0902. The summed E-state index contributed by atoms with van der Waals surface area (Å²) in [5.41, 5.74) is 3.23. The van der Waals surface area contributed by atoms with Crippen LogP contribution < -0.4 is 14.8 Å². The number of hydrogen-bond acceptors (Lipinski definition) is 11. The zero-order valence-corrected chi connectivity index (χ0v) is 33.1. The first kappa shape index (κ1) is 41.9. The van der Waals surface area contributed by atoms with Crippen LogP contribution in [0.25, 0.3) is 0 Å². The van der Waals surface area contributed by atoms with E-state index in [9.17, 15) is 25.1 Å². The fourth-order valence-corrected chi connectivity index (χ4v) is 9.03.